The lowest BCUT2D eigenvalue weighted by Gasteiger charge is -2.07. The highest BCUT2D eigenvalue weighted by atomic mass is 35.5. The van der Waals surface area contributed by atoms with Gasteiger partial charge in [0, 0.05) is 16.3 Å². The number of carbonyl (C=O) groups is 1. The predicted molar refractivity (Wildman–Crippen MR) is 104 cm³/mol. The number of benzene rings is 2. The molecule has 0 spiro atoms. The van der Waals surface area contributed by atoms with Crippen LogP contribution in [0, 0.1) is 6.92 Å². The van der Waals surface area contributed by atoms with Gasteiger partial charge in [0.25, 0.3) is 0 Å². The van der Waals surface area contributed by atoms with Gasteiger partial charge in [-0.25, -0.2) is 4.98 Å². The van der Waals surface area contributed by atoms with Gasteiger partial charge in [-0.05, 0) is 55.0 Å². The van der Waals surface area contributed by atoms with Crippen LogP contribution in [0.15, 0.2) is 47.6 Å². The van der Waals surface area contributed by atoms with E-state index in [1.165, 1.54) is 11.8 Å². The molecule has 2 aromatic carbocycles. The molecule has 0 fully saturated rings. The number of anilines is 1. The number of aromatic nitrogens is 3. The number of halogens is 1. The van der Waals surface area contributed by atoms with Crippen LogP contribution in [0.25, 0.3) is 11.4 Å². The third kappa shape index (κ3) is 4.56. The summed E-state index contributed by atoms with van der Waals surface area (Å²) in [6.45, 7) is 1.89. The van der Waals surface area contributed by atoms with Gasteiger partial charge < -0.3 is 10.1 Å². The van der Waals surface area contributed by atoms with E-state index in [9.17, 15) is 4.79 Å². The fourth-order valence-electron chi connectivity index (χ4n) is 2.27. The normalized spacial score (nSPS) is 10.6. The molecule has 0 unspecified atom stereocenters. The average Bonchev–Trinajstić information content (AvgIpc) is 3.11. The van der Waals surface area contributed by atoms with E-state index in [-0.39, 0.29) is 11.7 Å². The van der Waals surface area contributed by atoms with Crippen molar-refractivity contribution in [3.8, 4) is 17.1 Å². The molecule has 26 heavy (non-hydrogen) atoms. The molecule has 6 nitrogen and oxygen atoms in total. The first kappa shape index (κ1) is 18.3. The minimum Gasteiger partial charge on any atom is -0.497 e. The second kappa shape index (κ2) is 8.25. The van der Waals surface area contributed by atoms with Gasteiger partial charge in [0.15, 0.2) is 5.82 Å². The highest BCUT2D eigenvalue weighted by Gasteiger charge is 2.10. The van der Waals surface area contributed by atoms with Crippen LogP contribution in [0.3, 0.4) is 0 Å². The molecule has 0 aliphatic carbocycles. The summed E-state index contributed by atoms with van der Waals surface area (Å²) < 4.78 is 5.14. The Balaban J connectivity index is 1.58. The van der Waals surface area contributed by atoms with Crippen molar-refractivity contribution in [2.24, 2.45) is 0 Å². The highest BCUT2D eigenvalue weighted by Crippen LogP contribution is 2.23. The van der Waals surface area contributed by atoms with Gasteiger partial charge in [0.05, 0.1) is 12.9 Å². The molecule has 0 saturated carbocycles. The first-order chi connectivity index (χ1) is 12.5. The Hall–Kier alpha value is -2.51. The molecule has 1 aromatic heterocycles. The number of rotatable bonds is 6. The number of hydrogen-bond acceptors (Lipinski definition) is 5. The number of ether oxygens (including phenoxy) is 1. The summed E-state index contributed by atoms with van der Waals surface area (Å²) in [6.07, 6.45) is 0. The number of carbonyl (C=O) groups excluding carboxylic acids is 1. The van der Waals surface area contributed by atoms with Crippen LogP contribution in [-0.4, -0.2) is 34.0 Å². The van der Waals surface area contributed by atoms with Crippen molar-refractivity contribution < 1.29 is 9.53 Å². The van der Waals surface area contributed by atoms with Crippen molar-refractivity contribution in [2.75, 3.05) is 18.2 Å². The molecule has 134 valence electrons. The molecule has 0 bridgehead atoms. The number of aromatic amines is 1. The van der Waals surface area contributed by atoms with Crippen molar-refractivity contribution in [1.29, 1.82) is 0 Å². The molecular formula is C18H17ClN4O2S. The first-order valence-electron chi connectivity index (χ1n) is 7.81. The summed E-state index contributed by atoms with van der Waals surface area (Å²) in [5.41, 5.74) is 2.55. The Kier molecular flexibility index (Phi) is 5.80. The van der Waals surface area contributed by atoms with Crippen LogP contribution in [0.4, 0.5) is 5.69 Å². The molecule has 2 N–H and O–H groups in total. The van der Waals surface area contributed by atoms with Crippen LogP contribution >= 0.6 is 23.4 Å². The predicted octanol–water partition coefficient (Wildman–Crippen LogP) is 4.17. The van der Waals surface area contributed by atoms with Gasteiger partial charge in [-0.2, -0.15) is 0 Å². The maximum atomic E-state index is 12.1. The standard InChI is InChI=1S/C18H17ClN4O2S/c1-11-9-13(19)5-8-15(11)20-16(24)10-26-18-21-17(22-23-18)12-3-6-14(25-2)7-4-12/h3-9H,10H2,1-2H3,(H,20,24)(H,21,22,23). The van der Waals surface area contributed by atoms with Gasteiger partial charge >= 0.3 is 0 Å². The molecule has 0 aliphatic heterocycles. The number of nitrogens with one attached hydrogen (secondary N) is 2. The minimum absolute atomic E-state index is 0.129. The quantitative estimate of drug-likeness (QED) is 0.619. The lowest BCUT2D eigenvalue weighted by atomic mass is 10.2. The SMILES string of the molecule is COc1ccc(-c2nc(SCC(=O)Nc3ccc(Cl)cc3C)n[nH]2)cc1. The molecule has 0 atom stereocenters. The summed E-state index contributed by atoms with van der Waals surface area (Å²) >= 11 is 7.18. The van der Waals surface area contributed by atoms with E-state index in [1.54, 1.807) is 25.3 Å². The molecule has 1 heterocycles. The summed E-state index contributed by atoms with van der Waals surface area (Å²) in [4.78, 5) is 16.5. The number of methoxy groups -OCH3 is 1. The van der Waals surface area contributed by atoms with Crippen molar-refractivity contribution in [3.63, 3.8) is 0 Å². The fourth-order valence-corrected chi connectivity index (χ4v) is 3.10. The lowest BCUT2D eigenvalue weighted by Crippen LogP contribution is -2.14. The van der Waals surface area contributed by atoms with E-state index in [2.05, 4.69) is 20.5 Å². The molecule has 0 radical (unpaired) electrons. The molecule has 3 aromatic rings. The summed E-state index contributed by atoms with van der Waals surface area (Å²) in [6, 6.07) is 12.8. The molecule has 8 heteroatoms. The van der Waals surface area contributed by atoms with Gasteiger partial charge in [0.1, 0.15) is 5.75 Å². The van der Waals surface area contributed by atoms with Gasteiger partial charge in [-0.15, -0.1) is 5.10 Å². The van der Waals surface area contributed by atoms with Crippen molar-refractivity contribution >= 4 is 35.0 Å². The zero-order chi connectivity index (χ0) is 18.5. The van der Waals surface area contributed by atoms with E-state index < -0.39 is 0 Å². The maximum Gasteiger partial charge on any atom is 0.234 e. The second-order valence-corrected chi connectivity index (χ2v) is 6.87. The van der Waals surface area contributed by atoms with Gasteiger partial charge in [-0.3, -0.25) is 9.89 Å². The van der Waals surface area contributed by atoms with Gasteiger partial charge in [0.2, 0.25) is 11.1 Å². The number of aryl methyl sites for hydroxylation is 1. The zero-order valence-corrected chi connectivity index (χ0v) is 15.8. The van der Waals surface area contributed by atoms with E-state index in [4.69, 9.17) is 16.3 Å². The monoisotopic (exact) mass is 388 g/mol. The van der Waals surface area contributed by atoms with Crippen molar-refractivity contribution in [3.05, 3.63) is 53.1 Å². The van der Waals surface area contributed by atoms with Crippen LogP contribution < -0.4 is 10.1 Å². The molecule has 1 amide bonds. The number of thioether (sulfide) groups is 1. The molecule has 0 aliphatic rings. The number of nitrogens with zero attached hydrogens (tertiary/aromatic N) is 2. The lowest BCUT2D eigenvalue weighted by molar-refractivity contribution is -0.113. The van der Waals surface area contributed by atoms with Gasteiger partial charge in [-0.1, -0.05) is 23.4 Å². The molecule has 0 saturated heterocycles. The first-order valence-corrected chi connectivity index (χ1v) is 9.17. The van der Waals surface area contributed by atoms with E-state index >= 15 is 0 Å². The fraction of sp³-hybridized carbons (Fsp3) is 0.167. The third-order valence-electron chi connectivity index (χ3n) is 3.62. The minimum atomic E-state index is -0.129. The van der Waals surface area contributed by atoms with E-state index in [0.29, 0.717) is 16.0 Å². The van der Waals surface area contributed by atoms with Crippen molar-refractivity contribution in [2.45, 2.75) is 12.1 Å². The Bertz CT molecular complexity index is 912. The molecular weight excluding hydrogens is 372 g/mol. The largest absolute Gasteiger partial charge is 0.497 e. The average molecular weight is 389 g/mol. The molecule has 3 rings (SSSR count). The number of H-pyrrole nitrogens is 1. The Labute approximate surface area is 160 Å². The Morgan fingerprint density at radius 2 is 2.04 bits per heavy atom. The van der Waals surface area contributed by atoms with Crippen molar-refractivity contribution in [1.82, 2.24) is 15.2 Å². The Morgan fingerprint density at radius 1 is 1.27 bits per heavy atom. The van der Waals surface area contributed by atoms with Crippen LogP contribution in [-0.2, 0) is 4.79 Å². The zero-order valence-electron chi connectivity index (χ0n) is 14.2. The van der Waals surface area contributed by atoms with E-state index in [1.807, 2.05) is 31.2 Å². The number of hydrogen-bond donors (Lipinski definition) is 2. The van der Waals surface area contributed by atoms with Crippen LogP contribution in [0.2, 0.25) is 5.02 Å². The maximum absolute atomic E-state index is 12.1. The topological polar surface area (TPSA) is 79.9 Å². The highest BCUT2D eigenvalue weighted by molar-refractivity contribution is 7.99. The Morgan fingerprint density at radius 3 is 2.73 bits per heavy atom. The third-order valence-corrected chi connectivity index (χ3v) is 4.71. The summed E-state index contributed by atoms with van der Waals surface area (Å²) in [7, 11) is 1.62. The van der Waals surface area contributed by atoms with Crippen LogP contribution in [0.1, 0.15) is 5.56 Å². The van der Waals surface area contributed by atoms with E-state index in [0.717, 1.165) is 22.6 Å². The smallest absolute Gasteiger partial charge is 0.234 e. The second-order valence-electron chi connectivity index (χ2n) is 5.49. The van der Waals surface area contributed by atoms with Crippen LogP contribution in [0.5, 0.6) is 5.75 Å². The summed E-state index contributed by atoms with van der Waals surface area (Å²) in [5.74, 6) is 1.50. The summed E-state index contributed by atoms with van der Waals surface area (Å²) in [5, 5.41) is 11.0. The number of amides is 1.